The van der Waals surface area contributed by atoms with Crippen LogP contribution in [0, 0.1) is 0 Å². The van der Waals surface area contributed by atoms with Gasteiger partial charge in [-0.1, -0.05) is 47.6 Å². The maximum atomic E-state index is 5.55. The molecule has 3 aromatic rings. The van der Waals surface area contributed by atoms with Crippen LogP contribution < -0.4 is 0 Å². The number of likely N-dealkylation sites (tertiary alicyclic amines) is 1. The van der Waals surface area contributed by atoms with Gasteiger partial charge < -0.3 is 9.42 Å². The van der Waals surface area contributed by atoms with Gasteiger partial charge in [0.15, 0.2) is 5.82 Å². The largest absolute Gasteiger partial charge is 0.334 e. The van der Waals surface area contributed by atoms with Gasteiger partial charge in [0.25, 0.3) is 5.89 Å². The van der Waals surface area contributed by atoms with Crippen molar-refractivity contribution in [1.29, 1.82) is 0 Å². The van der Waals surface area contributed by atoms with Crippen molar-refractivity contribution >= 4 is 12.4 Å². The fraction of sp³-hybridized carbons (Fsp3) is 0.364. The van der Waals surface area contributed by atoms with E-state index in [4.69, 9.17) is 4.52 Å². The summed E-state index contributed by atoms with van der Waals surface area (Å²) < 4.78 is 5.55. The quantitative estimate of drug-likeness (QED) is 0.603. The Hall–Kier alpha value is -2.17. The molecule has 4 nitrogen and oxygen atoms in total. The van der Waals surface area contributed by atoms with E-state index in [9.17, 15) is 0 Å². The van der Waals surface area contributed by atoms with Gasteiger partial charge in [0, 0.05) is 17.5 Å². The SMILES string of the molecule is CC(C)N1CCC(c2noc(-c3ccc(-c4ccccc4)cc3)n2)CC1.Cl. The van der Waals surface area contributed by atoms with Gasteiger partial charge in [-0.2, -0.15) is 4.98 Å². The summed E-state index contributed by atoms with van der Waals surface area (Å²) in [4.78, 5) is 7.19. The van der Waals surface area contributed by atoms with Gasteiger partial charge in [-0.15, -0.1) is 12.4 Å². The summed E-state index contributed by atoms with van der Waals surface area (Å²) in [7, 11) is 0. The average Bonchev–Trinajstić information content (AvgIpc) is 3.19. The summed E-state index contributed by atoms with van der Waals surface area (Å²) in [6.07, 6.45) is 2.20. The van der Waals surface area contributed by atoms with Gasteiger partial charge in [-0.05, 0) is 63.0 Å². The third-order valence-electron chi connectivity index (χ3n) is 5.31. The molecule has 1 aromatic heterocycles. The smallest absolute Gasteiger partial charge is 0.257 e. The maximum Gasteiger partial charge on any atom is 0.257 e. The second kappa shape index (κ2) is 8.68. The number of nitrogens with zero attached hydrogens (tertiary/aromatic N) is 3. The van der Waals surface area contributed by atoms with E-state index in [0.29, 0.717) is 17.9 Å². The van der Waals surface area contributed by atoms with Gasteiger partial charge in [0.2, 0.25) is 0 Å². The second-order valence-electron chi connectivity index (χ2n) is 7.31. The number of piperidine rings is 1. The molecule has 1 aliphatic rings. The first-order valence-electron chi connectivity index (χ1n) is 9.44. The highest BCUT2D eigenvalue weighted by atomic mass is 35.5. The monoisotopic (exact) mass is 383 g/mol. The van der Waals surface area contributed by atoms with Gasteiger partial charge in [0.05, 0.1) is 0 Å². The van der Waals surface area contributed by atoms with E-state index in [1.165, 1.54) is 11.1 Å². The summed E-state index contributed by atoms with van der Waals surface area (Å²) >= 11 is 0. The highest BCUT2D eigenvalue weighted by Crippen LogP contribution is 2.29. The molecule has 1 saturated heterocycles. The van der Waals surface area contributed by atoms with Crippen molar-refractivity contribution < 1.29 is 4.52 Å². The van der Waals surface area contributed by atoms with Gasteiger partial charge >= 0.3 is 0 Å². The van der Waals surface area contributed by atoms with E-state index in [2.05, 4.69) is 77.4 Å². The van der Waals surface area contributed by atoms with Crippen LogP contribution in [0.15, 0.2) is 59.1 Å². The Kier molecular flexibility index (Phi) is 6.30. The highest BCUT2D eigenvalue weighted by molar-refractivity contribution is 5.85. The van der Waals surface area contributed by atoms with Crippen LogP contribution in [-0.4, -0.2) is 34.2 Å². The van der Waals surface area contributed by atoms with Crippen LogP contribution >= 0.6 is 12.4 Å². The number of hydrogen-bond acceptors (Lipinski definition) is 4. The Morgan fingerprint density at radius 3 is 2.11 bits per heavy atom. The van der Waals surface area contributed by atoms with Crippen molar-refractivity contribution in [2.24, 2.45) is 0 Å². The minimum Gasteiger partial charge on any atom is -0.334 e. The van der Waals surface area contributed by atoms with Crippen molar-refractivity contribution in [2.45, 2.75) is 38.6 Å². The molecule has 5 heteroatoms. The molecule has 2 heterocycles. The Morgan fingerprint density at radius 2 is 1.48 bits per heavy atom. The van der Waals surface area contributed by atoms with E-state index in [0.717, 1.165) is 37.3 Å². The lowest BCUT2D eigenvalue weighted by atomic mass is 9.95. The van der Waals surface area contributed by atoms with Gasteiger partial charge in [-0.3, -0.25) is 0 Å². The molecule has 1 aliphatic heterocycles. The van der Waals surface area contributed by atoms with E-state index in [-0.39, 0.29) is 12.4 Å². The summed E-state index contributed by atoms with van der Waals surface area (Å²) in [5.41, 5.74) is 3.38. The molecule has 0 radical (unpaired) electrons. The molecule has 4 rings (SSSR count). The number of rotatable bonds is 4. The lowest BCUT2D eigenvalue weighted by Gasteiger charge is -2.33. The van der Waals surface area contributed by atoms with Crippen molar-refractivity contribution in [1.82, 2.24) is 15.0 Å². The normalized spacial score (nSPS) is 15.7. The second-order valence-corrected chi connectivity index (χ2v) is 7.31. The van der Waals surface area contributed by atoms with E-state index in [1.807, 2.05) is 6.07 Å². The fourth-order valence-corrected chi connectivity index (χ4v) is 3.63. The topological polar surface area (TPSA) is 42.2 Å². The zero-order chi connectivity index (χ0) is 17.9. The van der Waals surface area contributed by atoms with Crippen LogP contribution in [0.4, 0.5) is 0 Å². The molecule has 1 fully saturated rings. The van der Waals surface area contributed by atoms with Gasteiger partial charge in [-0.25, -0.2) is 0 Å². The van der Waals surface area contributed by atoms with E-state index < -0.39 is 0 Å². The van der Waals surface area contributed by atoms with Crippen LogP contribution in [-0.2, 0) is 0 Å². The Balaban J connectivity index is 0.00000210. The molecule has 2 aromatic carbocycles. The zero-order valence-corrected chi connectivity index (χ0v) is 16.7. The van der Waals surface area contributed by atoms with E-state index in [1.54, 1.807) is 0 Å². The van der Waals surface area contributed by atoms with Crippen LogP contribution in [0.3, 0.4) is 0 Å². The van der Waals surface area contributed by atoms with Crippen molar-refractivity contribution in [2.75, 3.05) is 13.1 Å². The molecule has 0 aliphatic carbocycles. The molecule has 27 heavy (non-hydrogen) atoms. The first kappa shape index (κ1) is 19.6. The Labute approximate surface area is 167 Å². The van der Waals surface area contributed by atoms with Crippen LogP contribution in [0.1, 0.15) is 38.4 Å². The van der Waals surface area contributed by atoms with Crippen LogP contribution in [0.5, 0.6) is 0 Å². The number of hydrogen-bond donors (Lipinski definition) is 0. The molecule has 142 valence electrons. The molecule has 0 bridgehead atoms. The lowest BCUT2D eigenvalue weighted by molar-refractivity contribution is 0.168. The predicted molar refractivity (Wildman–Crippen MR) is 111 cm³/mol. The van der Waals surface area contributed by atoms with Crippen molar-refractivity contribution in [3.8, 4) is 22.6 Å². The molecular formula is C22H26ClN3O. The summed E-state index contributed by atoms with van der Waals surface area (Å²) in [6.45, 7) is 6.73. The standard InChI is InChI=1S/C22H25N3O.ClH/c1-16(2)25-14-12-19(13-15-25)21-23-22(26-24-21)20-10-8-18(9-11-20)17-6-4-3-5-7-17;/h3-11,16,19H,12-15H2,1-2H3;1H. The first-order chi connectivity index (χ1) is 12.7. The van der Waals surface area contributed by atoms with E-state index >= 15 is 0 Å². The summed E-state index contributed by atoms with van der Waals surface area (Å²) in [5.74, 6) is 1.88. The minimum absolute atomic E-state index is 0. The third-order valence-corrected chi connectivity index (χ3v) is 5.31. The van der Waals surface area contributed by atoms with Crippen LogP contribution in [0.25, 0.3) is 22.6 Å². The first-order valence-corrected chi connectivity index (χ1v) is 9.44. The Morgan fingerprint density at radius 1 is 0.889 bits per heavy atom. The van der Waals surface area contributed by atoms with Crippen LogP contribution in [0.2, 0.25) is 0 Å². The summed E-state index contributed by atoms with van der Waals surface area (Å²) in [6, 6.07) is 19.3. The summed E-state index contributed by atoms with van der Waals surface area (Å²) in [5, 5.41) is 4.26. The number of halogens is 1. The Bertz CT molecular complexity index is 838. The molecular weight excluding hydrogens is 358 g/mol. The molecule has 0 spiro atoms. The molecule has 0 amide bonds. The molecule has 0 N–H and O–H groups in total. The molecule has 0 unspecified atom stereocenters. The number of benzene rings is 2. The van der Waals surface area contributed by atoms with Gasteiger partial charge in [0.1, 0.15) is 0 Å². The zero-order valence-electron chi connectivity index (χ0n) is 15.8. The van der Waals surface area contributed by atoms with Crippen molar-refractivity contribution in [3.63, 3.8) is 0 Å². The highest BCUT2D eigenvalue weighted by Gasteiger charge is 2.25. The fourth-order valence-electron chi connectivity index (χ4n) is 3.63. The lowest BCUT2D eigenvalue weighted by Crippen LogP contribution is -2.38. The average molecular weight is 384 g/mol. The molecule has 0 atom stereocenters. The number of aromatic nitrogens is 2. The van der Waals surface area contributed by atoms with Crippen molar-refractivity contribution in [3.05, 3.63) is 60.4 Å². The minimum atomic E-state index is 0. The molecule has 0 saturated carbocycles. The maximum absolute atomic E-state index is 5.55. The third kappa shape index (κ3) is 4.40. The predicted octanol–water partition coefficient (Wildman–Crippen LogP) is 5.41.